The van der Waals surface area contributed by atoms with Crippen LogP contribution < -0.4 is 14.8 Å². The van der Waals surface area contributed by atoms with E-state index < -0.39 is 0 Å². The van der Waals surface area contributed by atoms with Crippen LogP contribution in [0.5, 0.6) is 11.5 Å². The highest BCUT2D eigenvalue weighted by atomic mass is 16.5. The first-order valence-electron chi connectivity index (χ1n) is 7.96. The maximum atomic E-state index is 12.6. The molecule has 1 atom stereocenters. The van der Waals surface area contributed by atoms with Crippen LogP contribution in [0, 0.1) is 13.8 Å². The van der Waals surface area contributed by atoms with E-state index in [0.717, 1.165) is 23.4 Å². The van der Waals surface area contributed by atoms with Gasteiger partial charge in [0.05, 0.1) is 20.3 Å². The number of ether oxygens (including phenoxy) is 2. The molecule has 0 saturated carbocycles. The van der Waals surface area contributed by atoms with Gasteiger partial charge in [0.2, 0.25) is 0 Å². The highest BCUT2D eigenvalue weighted by Crippen LogP contribution is 2.31. The van der Waals surface area contributed by atoms with Crippen LogP contribution in [0.3, 0.4) is 0 Å². The summed E-state index contributed by atoms with van der Waals surface area (Å²) in [6, 6.07) is 9.18. The van der Waals surface area contributed by atoms with E-state index >= 15 is 0 Å². The van der Waals surface area contributed by atoms with Crippen LogP contribution in [0.15, 0.2) is 30.3 Å². The Morgan fingerprint density at radius 2 is 1.71 bits per heavy atom. The summed E-state index contributed by atoms with van der Waals surface area (Å²) in [5.74, 6) is 1.21. The first kappa shape index (κ1) is 17.8. The average Bonchev–Trinajstić information content (AvgIpc) is 2.57. The average molecular weight is 328 g/mol. The van der Waals surface area contributed by atoms with Crippen LogP contribution in [-0.2, 0) is 0 Å². The molecule has 5 heteroatoms. The number of aryl methyl sites for hydroxylation is 2. The van der Waals surface area contributed by atoms with Crippen LogP contribution in [0.25, 0.3) is 0 Å². The fourth-order valence-electron chi connectivity index (χ4n) is 2.70. The number of carbonyl (C=O) groups excluding carboxylic acids is 1. The summed E-state index contributed by atoms with van der Waals surface area (Å²) < 4.78 is 10.6. The lowest BCUT2D eigenvalue weighted by molar-refractivity contribution is 0.0935. The zero-order valence-electron chi connectivity index (χ0n) is 14.8. The van der Waals surface area contributed by atoms with Crippen molar-refractivity contribution in [3.05, 3.63) is 52.8 Å². The van der Waals surface area contributed by atoms with Gasteiger partial charge in [-0.25, -0.2) is 0 Å². The molecular weight excluding hydrogens is 304 g/mol. The van der Waals surface area contributed by atoms with Crippen LogP contribution in [0.1, 0.15) is 46.7 Å². The molecular formula is C19H24N2O3. The largest absolute Gasteiger partial charge is 0.493 e. The fraction of sp³-hybridized carbons (Fsp3) is 0.368. The number of hydrogen-bond donors (Lipinski definition) is 1. The van der Waals surface area contributed by atoms with Crippen molar-refractivity contribution in [2.24, 2.45) is 0 Å². The molecule has 1 amide bonds. The predicted octanol–water partition coefficient (Wildman–Crippen LogP) is 3.60. The Morgan fingerprint density at radius 3 is 2.25 bits per heavy atom. The highest BCUT2D eigenvalue weighted by Gasteiger charge is 2.17. The SMILES string of the molecule is CC[C@H](NC(=O)c1cc(C)nc(C)c1)c1ccc(OC)c(OC)c1. The van der Waals surface area contributed by atoms with Gasteiger partial charge in [-0.3, -0.25) is 9.78 Å². The van der Waals surface area contributed by atoms with Gasteiger partial charge in [0.25, 0.3) is 5.91 Å². The number of carbonyl (C=O) groups is 1. The van der Waals surface area contributed by atoms with Gasteiger partial charge in [0, 0.05) is 17.0 Å². The van der Waals surface area contributed by atoms with Crippen molar-refractivity contribution in [1.29, 1.82) is 0 Å². The van der Waals surface area contributed by atoms with Gasteiger partial charge in [-0.15, -0.1) is 0 Å². The van der Waals surface area contributed by atoms with E-state index in [-0.39, 0.29) is 11.9 Å². The van der Waals surface area contributed by atoms with Gasteiger partial charge >= 0.3 is 0 Å². The maximum Gasteiger partial charge on any atom is 0.251 e. The summed E-state index contributed by atoms with van der Waals surface area (Å²) in [5, 5.41) is 3.08. The summed E-state index contributed by atoms with van der Waals surface area (Å²) >= 11 is 0. The van der Waals surface area contributed by atoms with E-state index in [1.165, 1.54) is 0 Å². The standard InChI is InChI=1S/C19H24N2O3/c1-6-16(14-7-8-17(23-4)18(11-14)24-5)21-19(22)15-9-12(2)20-13(3)10-15/h7-11,16H,6H2,1-5H3,(H,21,22)/t16-/m0/s1. The molecule has 1 aromatic carbocycles. The molecule has 128 valence electrons. The zero-order chi connectivity index (χ0) is 17.7. The third kappa shape index (κ3) is 4.04. The first-order chi connectivity index (χ1) is 11.5. The summed E-state index contributed by atoms with van der Waals surface area (Å²) in [6.45, 7) is 5.80. The quantitative estimate of drug-likeness (QED) is 0.880. The fourth-order valence-corrected chi connectivity index (χ4v) is 2.70. The number of aromatic nitrogens is 1. The van der Waals surface area contributed by atoms with Crippen molar-refractivity contribution in [2.75, 3.05) is 14.2 Å². The zero-order valence-corrected chi connectivity index (χ0v) is 14.8. The van der Waals surface area contributed by atoms with Crippen molar-refractivity contribution >= 4 is 5.91 Å². The van der Waals surface area contributed by atoms with Crippen molar-refractivity contribution in [2.45, 2.75) is 33.2 Å². The number of methoxy groups -OCH3 is 2. The van der Waals surface area contributed by atoms with E-state index in [0.29, 0.717) is 17.1 Å². The second kappa shape index (κ2) is 7.81. The Morgan fingerprint density at radius 1 is 1.08 bits per heavy atom. The van der Waals surface area contributed by atoms with Crippen molar-refractivity contribution in [3.8, 4) is 11.5 Å². The Bertz CT molecular complexity index is 708. The minimum atomic E-state index is -0.106. The van der Waals surface area contributed by atoms with Crippen LogP contribution >= 0.6 is 0 Å². The summed E-state index contributed by atoms with van der Waals surface area (Å²) in [7, 11) is 3.20. The van der Waals surface area contributed by atoms with Gasteiger partial charge in [0.15, 0.2) is 11.5 Å². The lowest BCUT2D eigenvalue weighted by atomic mass is 10.0. The molecule has 0 aliphatic rings. The molecule has 2 aromatic rings. The topological polar surface area (TPSA) is 60.5 Å². The number of pyridine rings is 1. The monoisotopic (exact) mass is 328 g/mol. The molecule has 0 radical (unpaired) electrons. The second-order valence-electron chi connectivity index (χ2n) is 5.69. The maximum absolute atomic E-state index is 12.6. The lowest BCUT2D eigenvalue weighted by Crippen LogP contribution is -2.28. The summed E-state index contributed by atoms with van der Waals surface area (Å²) in [4.78, 5) is 16.9. The molecule has 1 aromatic heterocycles. The molecule has 5 nitrogen and oxygen atoms in total. The molecule has 24 heavy (non-hydrogen) atoms. The second-order valence-corrected chi connectivity index (χ2v) is 5.69. The summed E-state index contributed by atoms with van der Waals surface area (Å²) in [6.07, 6.45) is 0.768. The number of benzene rings is 1. The predicted molar refractivity (Wildman–Crippen MR) is 93.8 cm³/mol. The highest BCUT2D eigenvalue weighted by molar-refractivity contribution is 5.94. The minimum Gasteiger partial charge on any atom is -0.493 e. The lowest BCUT2D eigenvalue weighted by Gasteiger charge is -2.19. The number of nitrogens with zero attached hydrogens (tertiary/aromatic N) is 1. The smallest absolute Gasteiger partial charge is 0.251 e. The molecule has 0 fully saturated rings. The Kier molecular flexibility index (Phi) is 5.79. The molecule has 0 saturated heterocycles. The van der Waals surface area contributed by atoms with Gasteiger partial charge in [-0.2, -0.15) is 0 Å². The molecule has 0 bridgehead atoms. The van der Waals surface area contributed by atoms with Crippen LogP contribution in [-0.4, -0.2) is 25.1 Å². The molecule has 1 heterocycles. The minimum absolute atomic E-state index is 0.105. The van der Waals surface area contributed by atoms with Crippen molar-refractivity contribution < 1.29 is 14.3 Å². The van der Waals surface area contributed by atoms with E-state index in [1.807, 2.05) is 39.0 Å². The van der Waals surface area contributed by atoms with Gasteiger partial charge in [0.1, 0.15) is 0 Å². The number of nitrogens with one attached hydrogen (secondary N) is 1. The molecule has 0 spiro atoms. The van der Waals surface area contributed by atoms with Gasteiger partial charge < -0.3 is 14.8 Å². The molecule has 2 rings (SSSR count). The number of hydrogen-bond acceptors (Lipinski definition) is 4. The normalized spacial score (nSPS) is 11.7. The third-order valence-electron chi connectivity index (χ3n) is 3.87. The Balaban J connectivity index is 2.24. The van der Waals surface area contributed by atoms with E-state index in [4.69, 9.17) is 9.47 Å². The Labute approximate surface area is 143 Å². The third-order valence-corrected chi connectivity index (χ3v) is 3.87. The molecule has 1 N–H and O–H groups in total. The van der Waals surface area contributed by atoms with Crippen molar-refractivity contribution in [3.63, 3.8) is 0 Å². The molecule has 0 aliphatic carbocycles. The molecule has 0 aliphatic heterocycles. The van der Waals surface area contributed by atoms with E-state index in [2.05, 4.69) is 10.3 Å². The van der Waals surface area contributed by atoms with Gasteiger partial charge in [-0.05, 0) is 50.1 Å². The van der Waals surface area contributed by atoms with E-state index in [1.54, 1.807) is 26.4 Å². The number of rotatable bonds is 6. The van der Waals surface area contributed by atoms with Crippen LogP contribution in [0.2, 0.25) is 0 Å². The summed E-state index contributed by atoms with van der Waals surface area (Å²) in [5.41, 5.74) is 3.27. The first-order valence-corrected chi connectivity index (χ1v) is 7.96. The number of amides is 1. The molecule has 0 unspecified atom stereocenters. The van der Waals surface area contributed by atoms with Gasteiger partial charge in [-0.1, -0.05) is 13.0 Å². The van der Waals surface area contributed by atoms with Crippen LogP contribution in [0.4, 0.5) is 0 Å². The van der Waals surface area contributed by atoms with Crippen molar-refractivity contribution in [1.82, 2.24) is 10.3 Å². The van der Waals surface area contributed by atoms with E-state index in [9.17, 15) is 4.79 Å². The Hall–Kier alpha value is -2.56.